The molecule has 1 aromatic rings. The van der Waals surface area contributed by atoms with Crippen molar-refractivity contribution in [3.05, 3.63) is 35.4 Å². The molecule has 2 atom stereocenters. The van der Waals surface area contributed by atoms with Crippen LogP contribution >= 0.6 is 0 Å². The molecular weight excluding hydrogens is 340 g/mol. The number of amides is 2. The molecule has 2 N–H and O–H groups in total. The largest absolute Gasteiger partial charge is 0.354 e. The Balaban J connectivity index is 1.54. The van der Waals surface area contributed by atoms with Gasteiger partial charge in [0.05, 0.1) is 6.04 Å². The first-order valence-corrected chi connectivity index (χ1v) is 10.1. The minimum atomic E-state index is -0.0363. The van der Waals surface area contributed by atoms with Crippen LogP contribution in [-0.4, -0.2) is 67.9 Å². The Labute approximate surface area is 162 Å². The van der Waals surface area contributed by atoms with Gasteiger partial charge in [-0.3, -0.25) is 9.59 Å². The van der Waals surface area contributed by atoms with Gasteiger partial charge in [0.2, 0.25) is 5.91 Å². The Bertz CT molecular complexity index is 655. The Hall–Kier alpha value is -1.92. The molecule has 2 aliphatic heterocycles. The van der Waals surface area contributed by atoms with Gasteiger partial charge < -0.3 is 20.4 Å². The van der Waals surface area contributed by atoms with Crippen molar-refractivity contribution in [1.82, 2.24) is 20.4 Å². The van der Waals surface area contributed by atoms with Crippen LogP contribution in [0.5, 0.6) is 0 Å². The number of rotatable bonds is 6. The number of carbonyl (C=O) groups is 2. The molecule has 0 radical (unpaired) electrons. The Kier molecular flexibility index (Phi) is 6.85. The van der Waals surface area contributed by atoms with Gasteiger partial charge in [-0.2, -0.15) is 0 Å². The number of benzene rings is 1. The van der Waals surface area contributed by atoms with Crippen LogP contribution in [0.2, 0.25) is 0 Å². The fourth-order valence-electron chi connectivity index (χ4n) is 4.04. The smallest absolute Gasteiger partial charge is 0.253 e. The summed E-state index contributed by atoms with van der Waals surface area (Å²) in [5.41, 5.74) is 1.91. The molecule has 0 aromatic heterocycles. The van der Waals surface area contributed by atoms with Crippen LogP contribution < -0.4 is 10.6 Å². The van der Waals surface area contributed by atoms with Crippen molar-refractivity contribution in [2.24, 2.45) is 5.92 Å². The summed E-state index contributed by atoms with van der Waals surface area (Å²) in [6.45, 7) is 3.92. The van der Waals surface area contributed by atoms with E-state index in [1.54, 1.807) is 0 Å². The summed E-state index contributed by atoms with van der Waals surface area (Å²) in [5, 5.41) is 6.31. The van der Waals surface area contributed by atoms with E-state index in [1.165, 1.54) is 0 Å². The van der Waals surface area contributed by atoms with Crippen molar-refractivity contribution in [1.29, 1.82) is 0 Å². The fraction of sp³-hybridized carbons (Fsp3) is 0.619. The van der Waals surface area contributed by atoms with Gasteiger partial charge in [0.25, 0.3) is 5.91 Å². The summed E-state index contributed by atoms with van der Waals surface area (Å²) in [6.07, 6.45) is 4.04. The molecule has 6 nitrogen and oxygen atoms in total. The van der Waals surface area contributed by atoms with E-state index in [9.17, 15) is 9.59 Å². The third-order valence-electron chi connectivity index (χ3n) is 5.42. The van der Waals surface area contributed by atoms with Crippen molar-refractivity contribution in [2.45, 2.75) is 38.3 Å². The van der Waals surface area contributed by atoms with Crippen LogP contribution in [0.4, 0.5) is 0 Å². The topological polar surface area (TPSA) is 64.7 Å². The first-order chi connectivity index (χ1) is 13.0. The monoisotopic (exact) mass is 372 g/mol. The van der Waals surface area contributed by atoms with Crippen LogP contribution in [0, 0.1) is 5.92 Å². The predicted octanol–water partition coefficient (Wildman–Crippen LogP) is 1.47. The third-order valence-corrected chi connectivity index (χ3v) is 5.42. The summed E-state index contributed by atoms with van der Waals surface area (Å²) < 4.78 is 0. The lowest BCUT2D eigenvalue weighted by Crippen LogP contribution is -2.46. The van der Waals surface area contributed by atoms with Gasteiger partial charge in [0, 0.05) is 31.7 Å². The zero-order valence-corrected chi connectivity index (χ0v) is 16.5. The molecule has 0 bridgehead atoms. The van der Waals surface area contributed by atoms with Crippen molar-refractivity contribution < 1.29 is 9.59 Å². The van der Waals surface area contributed by atoms with E-state index in [0.29, 0.717) is 12.5 Å². The highest BCUT2D eigenvalue weighted by Gasteiger charge is 2.27. The molecule has 6 heteroatoms. The summed E-state index contributed by atoms with van der Waals surface area (Å²) in [7, 11) is 4.05. The fourth-order valence-corrected chi connectivity index (χ4v) is 4.04. The highest BCUT2D eigenvalue weighted by molar-refractivity contribution is 5.94. The zero-order chi connectivity index (χ0) is 19.2. The van der Waals surface area contributed by atoms with Crippen molar-refractivity contribution in [3.63, 3.8) is 0 Å². The molecule has 148 valence electrons. The molecular formula is C21H32N4O2. The van der Waals surface area contributed by atoms with Gasteiger partial charge in [-0.05, 0) is 69.9 Å². The Morgan fingerprint density at radius 2 is 2.11 bits per heavy atom. The van der Waals surface area contributed by atoms with Crippen molar-refractivity contribution in [2.75, 3.05) is 40.3 Å². The molecule has 3 rings (SSSR count). The minimum absolute atomic E-state index is 0.0363. The molecule has 2 unspecified atom stereocenters. The lowest BCUT2D eigenvalue weighted by Gasteiger charge is -2.33. The predicted molar refractivity (Wildman–Crippen MR) is 106 cm³/mol. The van der Waals surface area contributed by atoms with Crippen LogP contribution in [0.3, 0.4) is 0 Å². The number of hydrogen-bond acceptors (Lipinski definition) is 4. The number of nitrogens with one attached hydrogen (secondary N) is 2. The van der Waals surface area contributed by atoms with Crippen LogP contribution in [0.15, 0.2) is 24.3 Å². The second-order valence-electron chi connectivity index (χ2n) is 8.09. The zero-order valence-electron chi connectivity index (χ0n) is 16.5. The third kappa shape index (κ3) is 5.53. The first-order valence-electron chi connectivity index (χ1n) is 10.1. The van der Waals surface area contributed by atoms with E-state index in [0.717, 1.165) is 63.0 Å². The molecule has 1 aromatic carbocycles. The minimum Gasteiger partial charge on any atom is -0.354 e. The molecule has 2 fully saturated rings. The second-order valence-corrected chi connectivity index (χ2v) is 8.09. The van der Waals surface area contributed by atoms with E-state index >= 15 is 0 Å². The normalized spacial score (nSPS) is 22.9. The van der Waals surface area contributed by atoms with Crippen LogP contribution in [-0.2, 0) is 11.3 Å². The summed E-state index contributed by atoms with van der Waals surface area (Å²) in [6, 6.07) is 7.88. The molecule has 2 heterocycles. The lowest BCUT2D eigenvalue weighted by atomic mass is 9.97. The molecule has 2 amide bonds. The summed E-state index contributed by atoms with van der Waals surface area (Å²) in [5.74, 6) is 0.537. The average molecular weight is 373 g/mol. The highest BCUT2D eigenvalue weighted by Crippen LogP contribution is 2.19. The molecule has 0 spiro atoms. The second kappa shape index (κ2) is 9.33. The van der Waals surface area contributed by atoms with Gasteiger partial charge in [-0.15, -0.1) is 0 Å². The first kappa shape index (κ1) is 19.8. The van der Waals surface area contributed by atoms with Crippen LogP contribution in [0.25, 0.3) is 0 Å². The van der Waals surface area contributed by atoms with Crippen LogP contribution in [0.1, 0.15) is 41.6 Å². The molecule has 0 aliphatic carbocycles. The lowest BCUT2D eigenvalue weighted by molar-refractivity contribution is -0.123. The highest BCUT2D eigenvalue weighted by atomic mass is 16.2. The SMILES string of the molecule is CN(C)Cc1cccc(C(=O)N2CCCC(CNC(=O)C3CCCN3)C2)c1. The quantitative estimate of drug-likeness (QED) is 0.794. The van der Waals surface area contributed by atoms with E-state index in [1.807, 2.05) is 37.2 Å². The standard InChI is InChI=1S/C21H32N4O2/c1-24(2)14-16-6-3-8-18(12-16)21(27)25-11-5-7-17(15-25)13-23-20(26)19-9-4-10-22-19/h3,6,8,12,17,19,22H,4-5,7,9-11,13-15H2,1-2H3,(H,23,26). The molecule has 2 saturated heterocycles. The van der Waals surface area contributed by atoms with E-state index in [-0.39, 0.29) is 17.9 Å². The Morgan fingerprint density at radius 3 is 2.85 bits per heavy atom. The number of hydrogen-bond donors (Lipinski definition) is 2. The van der Waals surface area contributed by atoms with Gasteiger partial charge in [0.15, 0.2) is 0 Å². The number of nitrogens with zero attached hydrogens (tertiary/aromatic N) is 2. The van der Waals surface area contributed by atoms with E-state index in [4.69, 9.17) is 0 Å². The summed E-state index contributed by atoms with van der Waals surface area (Å²) in [4.78, 5) is 29.2. The van der Waals surface area contributed by atoms with Gasteiger partial charge >= 0.3 is 0 Å². The van der Waals surface area contributed by atoms with E-state index in [2.05, 4.69) is 21.6 Å². The maximum Gasteiger partial charge on any atom is 0.253 e. The molecule has 2 aliphatic rings. The Morgan fingerprint density at radius 1 is 1.26 bits per heavy atom. The van der Waals surface area contributed by atoms with Gasteiger partial charge in [0.1, 0.15) is 0 Å². The van der Waals surface area contributed by atoms with E-state index < -0.39 is 0 Å². The summed E-state index contributed by atoms with van der Waals surface area (Å²) >= 11 is 0. The van der Waals surface area contributed by atoms with Crippen molar-refractivity contribution >= 4 is 11.8 Å². The average Bonchev–Trinajstić information content (AvgIpc) is 3.20. The maximum absolute atomic E-state index is 12.9. The molecule has 0 saturated carbocycles. The number of carbonyl (C=O) groups excluding carboxylic acids is 2. The van der Waals surface area contributed by atoms with Gasteiger partial charge in [-0.25, -0.2) is 0 Å². The maximum atomic E-state index is 12.9. The molecule has 27 heavy (non-hydrogen) atoms. The van der Waals surface area contributed by atoms with Gasteiger partial charge in [-0.1, -0.05) is 12.1 Å². The van der Waals surface area contributed by atoms with Crippen molar-refractivity contribution in [3.8, 4) is 0 Å². The number of piperidine rings is 1. The number of likely N-dealkylation sites (tertiary alicyclic amines) is 1.